The zero-order valence-electron chi connectivity index (χ0n) is 32.5. The minimum absolute atomic E-state index is 0.0164. The molecule has 3 heterocycles. The van der Waals surface area contributed by atoms with Gasteiger partial charge < -0.3 is 28.4 Å². The number of hydrogen-bond donors (Lipinski definition) is 1. The van der Waals surface area contributed by atoms with Gasteiger partial charge in [0.05, 0.1) is 36.3 Å². The first-order valence-electron chi connectivity index (χ1n) is 19.4. The molecule has 5 atom stereocenters. The zero-order chi connectivity index (χ0) is 39.0. The molecule has 2 bridgehead atoms. The molecule has 2 aromatic carbocycles. The highest BCUT2D eigenvalue weighted by Gasteiger charge is 2.38. The number of methoxy groups -OCH3 is 3. The third kappa shape index (κ3) is 10.4. The van der Waals surface area contributed by atoms with Gasteiger partial charge in [-0.2, -0.15) is 0 Å². The highest BCUT2D eigenvalue weighted by atomic mass is 35.5. The molecule has 2 amide bonds. The summed E-state index contributed by atoms with van der Waals surface area (Å²) in [5.41, 5.74) is 4.53. The molecule has 55 heavy (non-hydrogen) atoms. The molecule has 0 radical (unpaired) electrons. The Morgan fingerprint density at radius 3 is 2.69 bits per heavy atom. The summed E-state index contributed by atoms with van der Waals surface area (Å²) in [4.78, 5) is 30.3. The van der Waals surface area contributed by atoms with Crippen LogP contribution >= 0.6 is 11.6 Å². The number of ether oxygens (including phenoxy) is 4. The number of nitrogens with zero attached hydrogens (tertiary/aromatic N) is 3. The molecule has 3 aromatic rings. The van der Waals surface area contributed by atoms with Crippen molar-refractivity contribution in [2.45, 2.75) is 77.7 Å². The third-order valence-electron chi connectivity index (χ3n) is 10.9. The first kappa shape index (κ1) is 41.0. The maximum Gasteiger partial charge on any atom is 0.286 e. The van der Waals surface area contributed by atoms with Crippen molar-refractivity contribution < 1.29 is 32.7 Å². The Labute approximate surface area is 331 Å². The van der Waals surface area contributed by atoms with E-state index in [4.69, 9.17) is 30.5 Å². The molecule has 2 aliphatic heterocycles. The van der Waals surface area contributed by atoms with Gasteiger partial charge >= 0.3 is 0 Å². The molecule has 3 aliphatic rings. The Hall–Kier alpha value is -3.68. The van der Waals surface area contributed by atoms with Crippen LogP contribution < -0.4 is 14.4 Å². The van der Waals surface area contributed by atoms with Crippen molar-refractivity contribution in [1.82, 2.24) is 9.29 Å². The highest BCUT2D eigenvalue weighted by molar-refractivity contribution is 7.92. The van der Waals surface area contributed by atoms with E-state index in [1.807, 2.05) is 29.7 Å². The fourth-order valence-electron chi connectivity index (χ4n) is 7.91. The molecule has 13 heteroatoms. The number of halogens is 1. The number of hydrogen-bond acceptors (Lipinski definition) is 8. The van der Waals surface area contributed by atoms with Crippen LogP contribution in [0.2, 0.25) is 5.02 Å². The van der Waals surface area contributed by atoms with E-state index in [1.165, 1.54) is 11.1 Å². The maximum atomic E-state index is 14.8. The number of carbonyl (C=O) groups is 2. The predicted octanol–water partition coefficient (Wildman–Crippen LogP) is 7.64. The van der Waals surface area contributed by atoms with E-state index >= 15 is 0 Å². The van der Waals surface area contributed by atoms with E-state index in [0.717, 1.165) is 56.5 Å². The second-order valence-corrected chi connectivity index (χ2v) is 17.5. The summed E-state index contributed by atoms with van der Waals surface area (Å²) < 4.78 is 46.8. The van der Waals surface area contributed by atoms with E-state index in [1.54, 1.807) is 39.7 Å². The van der Waals surface area contributed by atoms with Crippen molar-refractivity contribution in [3.8, 4) is 5.75 Å². The molecule has 1 aliphatic carbocycles. The first-order chi connectivity index (χ1) is 26.6. The van der Waals surface area contributed by atoms with E-state index in [0.29, 0.717) is 67.5 Å². The van der Waals surface area contributed by atoms with Crippen molar-refractivity contribution in [2.24, 2.45) is 22.1 Å². The van der Waals surface area contributed by atoms with Crippen LogP contribution in [-0.4, -0.2) is 73.5 Å². The second kappa shape index (κ2) is 19.0. The van der Waals surface area contributed by atoms with Crippen LogP contribution in [-0.2, 0) is 50.2 Å². The molecule has 1 saturated carbocycles. The number of aromatic nitrogens is 1. The molecule has 1 fully saturated rings. The summed E-state index contributed by atoms with van der Waals surface area (Å²) in [5, 5.41) is 0.710. The number of aryl methyl sites for hydroxylation is 2. The fourth-order valence-corrected chi connectivity index (χ4v) is 10.00. The summed E-state index contributed by atoms with van der Waals surface area (Å²) in [6.45, 7) is 5.27. The number of rotatable bonds is 9. The lowest BCUT2D eigenvalue weighted by Crippen LogP contribution is -2.43. The number of benzene rings is 2. The quantitative estimate of drug-likeness (QED) is 0.174. The molecule has 1 aromatic heterocycles. The van der Waals surface area contributed by atoms with E-state index in [9.17, 15) is 13.8 Å². The molecule has 1 N–H and O–H groups in total. The molecular formula is C42H55ClN4O7S. The average Bonchev–Trinajstić information content (AvgIpc) is 3.54. The number of allylic oxidation sites excluding steroid dienone is 1. The maximum absolute atomic E-state index is 14.8. The highest BCUT2D eigenvalue weighted by Crippen LogP contribution is 2.42. The SMILES string of the molecule is COCCCn1cc(C(=O)NS2(=O)=NC(=O)c3ccc4c(c3)N(Cc3ccc(Cl)cc3CCCCO4)C[C@@H]3CC[C@H]3[C@@H](OC)/C=C/C[C@H](C)C2)cc1COC. The molecule has 0 saturated heterocycles. The zero-order valence-corrected chi connectivity index (χ0v) is 34.0. The van der Waals surface area contributed by atoms with Crippen LogP contribution in [0.3, 0.4) is 0 Å². The number of anilines is 1. The minimum Gasteiger partial charge on any atom is -0.491 e. The summed E-state index contributed by atoms with van der Waals surface area (Å²) >= 11 is 6.49. The van der Waals surface area contributed by atoms with Gasteiger partial charge in [0.1, 0.15) is 15.7 Å². The van der Waals surface area contributed by atoms with Gasteiger partial charge in [0, 0.05) is 70.0 Å². The summed E-state index contributed by atoms with van der Waals surface area (Å²) in [7, 11) is 1.40. The van der Waals surface area contributed by atoms with Gasteiger partial charge in [0.25, 0.3) is 11.8 Å². The number of nitrogens with one attached hydrogen (secondary N) is 1. The Morgan fingerprint density at radius 2 is 1.93 bits per heavy atom. The fraction of sp³-hybridized carbons (Fsp3) is 0.524. The third-order valence-corrected chi connectivity index (χ3v) is 13.2. The first-order valence-corrected chi connectivity index (χ1v) is 21.4. The molecular weight excluding hydrogens is 740 g/mol. The summed E-state index contributed by atoms with van der Waals surface area (Å²) in [6, 6.07) is 13.1. The molecule has 11 nitrogen and oxygen atoms in total. The van der Waals surface area contributed by atoms with Gasteiger partial charge in [0.15, 0.2) is 0 Å². The normalized spacial score (nSPS) is 25.3. The minimum atomic E-state index is -3.59. The monoisotopic (exact) mass is 794 g/mol. The Morgan fingerprint density at radius 1 is 1.07 bits per heavy atom. The lowest BCUT2D eigenvalue weighted by Gasteiger charge is -2.43. The topological polar surface area (TPSA) is 121 Å². The van der Waals surface area contributed by atoms with Gasteiger partial charge in [-0.15, -0.1) is 4.36 Å². The van der Waals surface area contributed by atoms with Gasteiger partial charge in [-0.1, -0.05) is 36.7 Å². The van der Waals surface area contributed by atoms with Crippen LogP contribution in [0, 0.1) is 17.8 Å². The average molecular weight is 795 g/mol. The Kier molecular flexibility index (Phi) is 14.1. The van der Waals surface area contributed by atoms with Crippen molar-refractivity contribution >= 4 is 39.0 Å². The standard InChI is InChI=1S/C42H55ClN4O7S/c1-29-9-7-11-39(53-4)37-16-13-33(37)25-47-24-32-12-15-35(43)21-30(32)10-5-6-20-54-40-17-14-31(23-38(40)47)41(48)44-55(50,28-29)45-42(49)34-22-36(27-52-3)46(26-34)18-8-19-51-2/h7,11-12,14-15,17,21-23,26,29,33,37,39H,5-6,8-10,13,16,18-20,24-25,27-28H2,1-4H3,(H,44,45,48,49,50)/b11-7+/t29-,33-,37+,39-,55?/m0/s1. The molecule has 0 spiro atoms. The van der Waals surface area contributed by atoms with Gasteiger partial charge in [0.2, 0.25) is 0 Å². The number of amides is 2. The van der Waals surface area contributed by atoms with E-state index < -0.39 is 21.7 Å². The van der Waals surface area contributed by atoms with Gasteiger partial charge in [-0.3, -0.25) is 14.3 Å². The largest absolute Gasteiger partial charge is 0.491 e. The Bertz CT molecular complexity index is 1970. The van der Waals surface area contributed by atoms with Crippen molar-refractivity contribution in [3.05, 3.63) is 93.8 Å². The van der Waals surface area contributed by atoms with Crippen molar-refractivity contribution in [2.75, 3.05) is 51.7 Å². The Balaban J connectivity index is 1.41. The molecule has 298 valence electrons. The smallest absolute Gasteiger partial charge is 0.286 e. The van der Waals surface area contributed by atoms with Crippen LogP contribution in [0.1, 0.15) is 83.0 Å². The van der Waals surface area contributed by atoms with Crippen LogP contribution in [0.15, 0.2) is 65.2 Å². The lowest BCUT2D eigenvalue weighted by atomic mass is 9.70. The van der Waals surface area contributed by atoms with Crippen molar-refractivity contribution in [1.29, 1.82) is 0 Å². The van der Waals surface area contributed by atoms with E-state index in [2.05, 4.69) is 38.3 Å². The number of carbonyl (C=O) groups excluding carboxylic acids is 2. The van der Waals surface area contributed by atoms with Gasteiger partial charge in [-0.25, -0.2) is 4.21 Å². The van der Waals surface area contributed by atoms with Crippen molar-refractivity contribution in [3.63, 3.8) is 0 Å². The second-order valence-electron chi connectivity index (χ2n) is 15.1. The van der Waals surface area contributed by atoms with E-state index in [-0.39, 0.29) is 23.3 Å². The predicted molar refractivity (Wildman–Crippen MR) is 216 cm³/mol. The van der Waals surface area contributed by atoms with Crippen LogP contribution in [0.5, 0.6) is 5.75 Å². The summed E-state index contributed by atoms with van der Waals surface area (Å²) in [6.07, 6.45) is 11.9. The molecule has 1 unspecified atom stereocenters. The number of fused-ring (bicyclic) bond motifs is 3. The van der Waals surface area contributed by atoms with Crippen LogP contribution in [0.4, 0.5) is 5.69 Å². The van der Waals surface area contributed by atoms with Gasteiger partial charge in [-0.05, 0) is 110 Å². The lowest BCUT2D eigenvalue weighted by molar-refractivity contribution is 0.0133. The van der Waals surface area contributed by atoms with Crippen LogP contribution in [0.25, 0.3) is 0 Å². The molecule has 6 rings (SSSR count). The summed E-state index contributed by atoms with van der Waals surface area (Å²) in [5.74, 6) is -0.0815.